The van der Waals surface area contributed by atoms with Gasteiger partial charge in [-0.3, -0.25) is 0 Å². The maximum absolute atomic E-state index is 13.1. The van der Waals surface area contributed by atoms with Gasteiger partial charge in [-0.05, 0) is 23.3 Å². The number of carboxylic acid groups (broad SMARTS) is 1. The van der Waals surface area contributed by atoms with Crippen LogP contribution in [0, 0.1) is 5.82 Å². The molecule has 0 aliphatic carbocycles. The number of hydrogen-bond acceptors (Lipinski definition) is 3. The summed E-state index contributed by atoms with van der Waals surface area (Å²) in [6, 6.07) is 13.4. The van der Waals surface area contributed by atoms with Crippen molar-refractivity contribution in [2.75, 3.05) is 0 Å². The molecule has 0 saturated carbocycles. The second-order valence-corrected chi connectivity index (χ2v) is 4.93. The van der Waals surface area contributed by atoms with Crippen LogP contribution >= 0.6 is 0 Å². The molecule has 0 saturated heterocycles. The molecule has 6 heteroatoms. The molecule has 23 heavy (non-hydrogen) atoms. The van der Waals surface area contributed by atoms with Crippen LogP contribution in [0.5, 0.6) is 0 Å². The zero-order valence-electron chi connectivity index (χ0n) is 12.2. The Morgan fingerprint density at radius 1 is 1.09 bits per heavy atom. The molecule has 1 atom stereocenters. The lowest BCUT2D eigenvalue weighted by Crippen LogP contribution is -2.42. The van der Waals surface area contributed by atoms with Gasteiger partial charge in [0.2, 0.25) is 0 Å². The van der Waals surface area contributed by atoms with E-state index in [1.165, 1.54) is 18.2 Å². The van der Waals surface area contributed by atoms with Gasteiger partial charge in [-0.15, -0.1) is 0 Å². The maximum atomic E-state index is 13.1. The van der Waals surface area contributed by atoms with Crippen molar-refractivity contribution in [1.29, 1.82) is 0 Å². The zero-order chi connectivity index (χ0) is 16.7. The zero-order valence-corrected chi connectivity index (χ0v) is 12.2. The Balaban J connectivity index is 1.91. The third kappa shape index (κ3) is 5.43. The molecule has 2 N–H and O–H groups in total. The van der Waals surface area contributed by atoms with Gasteiger partial charge < -0.3 is 15.2 Å². The van der Waals surface area contributed by atoms with Gasteiger partial charge in [0.25, 0.3) is 0 Å². The van der Waals surface area contributed by atoms with Crippen LogP contribution in [0.1, 0.15) is 11.1 Å². The maximum Gasteiger partial charge on any atom is 0.408 e. The third-order valence-electron chi connectivity index (χ3n) is 3.13. The molecule has 0 unspecified atom stereocenters. The van der Waals surface area contributed by atoms with E-state index in [-0.39, 0.29) is 13.0 Å². The Bertz CT molecular complexity index is 675. The Kier molecular flexibility index (Phi) is 5.68. The average molecular weight is 317 g/mol. The minimum absolute atomic E-state index is 0.0342. The Labute approximate surface area is 132 Å². The molecule has 0 aliphatic heterocycles. The SMILES string of the molecule is O=C(N[C@@H](Cc1cccc(F)c1)C(=O)O)OCc1ccccc1. The number of rotatable bonds is 6. The smallest absolute Gasteiger partial charge is 0.408 e. The van der Waals surface area contributed by atoms with Crippen molar-refractivity contribution in [3.63, 3.8) is 0 Å². The van der Waals surface area contributed by atoms with Gasteiger partial charge in [0.15, 0.2) is 0 Å². The van der Waals surface area contributed by atoms with E-state index in [1.54, 1.807) is 30.3 Å². The van der Waals surface area contributed by atoms with E-state index >= 15 is 0 Å². The summed E-state index contributed by atoms with van der Waals surface area (Å²) in [5, 5.41) is 11.4. The van der Waals surface area contributed by atoms with Crippen LogP contribution < -0.4 is 5.32 Å². The van der Waals surface area contributed by atoms with Crippen LogP contribution in [0.4, 0.5) is 9.18 Å². The van der Waals surface area contributed by atoms with Crippen LogP contribution in [0.2, 0.25) is 0 Å². The van der Waals surface area contributed by atoms with Gasteiger partial charge in [0.05, 0.1) is 0 Å². The molecule has 0 bridgehead atoms. The van der Waals surface area contributed by atoms with Crippen LogP contribution in [-0.2, 0) is 22.6 Å². The summed E-state index contributed by atoms with van der Waals surface area (Å²) in [4.78, 5) is 23.0. The van der Waals surface area contributed by atoms with Gasteiger partial charge in [0.1, 0.15) is 18.5 Å². The number of nitrogens with one attached hydrogen (secondary N) is 1. The molecular formula is C17H16FNO4. The lowest BCUT2D eigenvalue weighted by molar-refractivity contribution is -0.139. The largest absolute Gasteiger partial charge is 0.480 e. The van der Waals surface area contributed by atoms with Gasteiger partial charge in [-0.1, -0.05) is 42.5 Å². The second-order valence-electron chi connectivity index (χ2n) is 4.93. The molecule has 0 fully saturated rings. The quantitative estimate of drug-likeness (QED) is 0.859. The van der Waals surface area contributed by atoms with Crippen molar-refractivity contribution < 1.29 is 23.8 Å². The fourth-order valence-electron chi connectivity index (χ4n) is 2.01. The van der Waals surface area contributed by atoms with E-state index in [0.29, 0.717) is 5.56 Å². The first-order valence-electron chi connectivity index (χ1n) is 6.99. The highest BCUT2D eigenvalue weighted by Gasteiger charge is 2.21. The number of amides is 1. The molecule has 0 heterocycles. The van der Waals surface area contributed by atoms with E-state index in [1.807, 2.05) is 6.07 Å². The molecule has 2 aromatic rings. The summed E-state index contributed by atoms with van der Waals surface area (Å²) in [6.45, 7) is 0.0407. The fraction of sp³-hybridized carbons (Fsp3) is 0.176. The van der Waals surface area contributed by atoms with E-state index in [9.17, 15) is 19.1 Å². The minimum atomic E-state index is -1.22. The number of ether oxygens (including phenoxy) is 1. The predicted molar refractivity (Wildman–Crippen MR) is 81.3 cm³/mol. The first-order valence-corrected chi connectivity index (χ1v) is 6.99. The van der Waals surface area contributed by atoms with Crippen LogP contribution in [-0.4, -0.2) is 23.2 Å². The van der Waals surface area contributed by atoms with Crippen LogP contribution in [0.25, 0.3) is 0 Å². The standard InChI is InChI=1S/C17H16FNO4/c18-14-8-4-7-13(9-14)10-15(16(20)21)19-17(22)23-11-12-5-2-1-3-6-12/h1-9,15H,10-11H2,(H,19,22)(H,20,21)/t15-/m0/s1. The fourth-order valence-corrected chi connectivity index (χ4v) is 2.01. The number of carbonyl (C=O) groups is 2. The van der Waals surface area contributed by atoms with Gasteiger partial charge in [0, 0.05) is 6.42 Å². The number of hydrogen-bond donors (Lipinski definition) is 2. The first kappa shape index (κ1) is 16.5. The molecule has 120 valence electrons. The normalized spacial score (nSPS) is 11.5. The Morgan fingerprint density at radius 3 is 2.43 bits per heavy atom. The summed E-state index contributed by atoms with van der Waals surface area (Å²) in [6.07, 6.45) is -0.870. The van der Waals surface area contributed by atoms with Crippen LogP contribution in [0.3, 0.4) is 0 Å². The molecule has 0 aromatic heterocycles. The summed E-state index contributed by atoms with van der Waals surface area (Å²) in [5.74, 6) is -1.68. The summed E-state index contributed by atoms with van der Waals surface area (Å²) in [7, 11) is 0. The van der Waals surface area contributed by atoms with Crippen molar-refractivity contribution in [1.82, 2.24) is 5.32 Å². The van der Waals surface area contributed by atoms with E-state index in [2.05, 4.69) is 5.32 Å². The highest BCUT2D eigenvalue weighted by Crippen LogP contribution is 2.07. The Hall–Kier alpha value is -2.89. The number of halogens is 1. The lowest BCUT2D eigenvalue weighted by Gasteiger charge is -2.14. The predicted octanol–water partition coefficient (Wildman–Crippen LogP) is 2.75. The summed E-state index contributed by atoms with van der Waals surface area (Å²) in [5.41, 5.74) is 1.26. The molecule has 0 spiro atoms. The van der Waals surface area contributed by atoms with E-state index < -0.39 is 23.9 Å². The molecule has 5 nitrogen and oxygen atoms in total. The summed E-state index contributed by atoms with van der Waals surface area (Å²) < 4.78 is 18.1. The van der Waals surface area contributed by atoms with Gasteiger partial charge >= 0.3 is 12.1 Å². The summed E-state index contributed by atoms with van der Waals surface area (Å²) >= 11 is 0. The number of benzene rings is 2. The molecule has 1 amide bonds. The number of carbonyl (C=O) groups excluding carboxylic acids is 1. The second kappa shape index (κ2) is 7.93. The number of aliphatic carboxylic acids is 1. The first-order chi connectivity index (χ1) is 11.0. The lowest BCUT2D eigenvalue weighted by atomic mass is 10.1. The molecule has 0 radical (unpaired) electrons. The topological polar surface area (TPSA) is 75.6 Å². The Morgan fingerprint density at radius 2 is 1.78 bits per heavy atom. The highest BCUT2D eigenvalue weighted by molar-refractivity contribution is 5.80. The van der Waals surface area contributed by atoms with Gasteiger partial charge in [-0.2, -0.15) is 0 Å². The molecular weight excluding hydrogens is 301 g/mol. The monoisotopic (exact) mass is 317 g/mol. The number of carboxylic acids is 1. The van der Waals surface area contributed by atoms with Crippen molar-refractivity contribution >= 4 is 12.1 Å². The molecule has 2 rings (SSSR count). The van der Waals surface area contributed by atoms with Crippen molar-refractivity contribution in [3.8, 4) is 0 Å². The van der Waals surface area contributed by atoms with Crippen molar-refractivity contribution in [2.24, 2.45) is 0 Å². The van der Waals surface area contributed by atoms with Crippen molar-refractivity contribution in [2.45, 2.75) is 19.1 Å². The molecule has 0 aliphatic rings. The van der Waals surface area contributed by atoms with E-state index in [0.717, 1.165) is 5.56 Å². The van der Waals surface area contributed by atoms with Gasteiger partial charge in [-0.25, -0.2) is 14.0 Å². The minimum Gasteiger partial charge on any atom is -0.480 e. The third-order valence-corrected chi connectivity index (χ3v) is 3.13. The number of alkyl carbamates (subject to hydrolysis) is 1. The van der Waals surface area contributed by atoms with Crippen LogP contribution in [0.15, 0.2) is 54.6 Å². The van der Waals surface area contributed by atoms with E-state index in [4.69, 9.17) is 4.74 Å². The van der Waals surface area contributed by atoms with Crippen molar-refractivity contribution in [3.05, 3.63) is 71.5 Å². The molecule has 2 aromatic carbocycles. The highest BCUT2D eigenvalue weighted by atomic mass is 19.1. The average Bonchev–Trinajstić information content (AvgIpc) is 2.53.